The molecule has 3 rings (SSSR count). The SMILES string of the molecule is CCc1c(Br)cccc1C(=O)C(C)C1CCC(C(=O)Nc2ccc(C)c(OC)c2)CC1. The van der Waals surface area contributed by atoms with Crippen molar-refractivity contribution in [3.05, 3.63) is 57.6 Å². The van der Waals surface area contributed by atoms with Crippen LogP contribution in [-0.2, 0) is 11.2 Å². The Labute approximate surface area is 193 Å². The second-order valence-corrected chi connectivity index (χ2v) is 9.41. The van der Waals surface area contributed by atoms with Gasteiger partial charge in [-0.2, -0.15) is 0 Å². The molecule has 2 aromatic carbocycles. The second kappa shape index (κ2) is 10.4. The Morgan fingerprint density at radius 3 is 2.52 bits per heavy atom. The van der Waals surface area contributed by atoms with Crippen LogP contribution in [0, 0.1) is 24.7 Å². The van der Waals surface area contributed by atoms with E-state index in [1.165, 1.54) is 0 Å². The van der Waals surface area contributed by atoms with E-state index in [4.69, 9.17) is 4.74 Å². The van der Waals surface area contributed by atoms with Crippen molar-refractivity contribution in [1.29, 1.82) is 0 Å². The normalized spacial score (nSPS) is 19.5. The molecule has 1 unspecified atom stereocenters. The van der Waals surface area contributed by atoms with Crippen molar-refractivity contribution >= 4 is 33.3 Å². The van der Waals surface area contributed by atoms with Gasteiger partial charge in [-0.15, -0.1) is 0 Å². The average Bonchev–Trinajstić information content (AvgIpc) is 2.79. The average molecular weight is 486 g/mol. The first-order valence-corrected chi connectivity index (χ1v) is 11.9. The molecular weight excluding hydrogens is 454 g/mol. The van der Waals surface area contributed by atoms with E-state index in [-0.39, 0.29) is 23.5 Å². The molecule has 0 heterocycles. The topological polar surface area (TPSA) is 55.4 Å². The number of hydrogen-bond donors (Lipinski definition) is 1. The molecule has 0 saturated heterocycles. The molecule has 0 spiro atoms. The summed E-state index contributed by atoms with van der Waals surface area (Å²) in [5.74, 6) is 1.32. The van der Waals surface area contributed by atoms with Gasteiger partial charge in [0.1, 0.15) is 5.75 Å². The van der Waals surface area contributed by atoms with Crippen LogP contribution in [0.1, 0.15) is 61.0 Å². The van der Waals surface area contributed by atoms with Crippen molar-refractivity contribution in [2.75, 3.05) is 12.4 Å². The number of ether oxygens (including phenoxy) is 1. The predicted octanol–water partition coefficient (Wildman–Crippen LogP) is 6.59. The van der Waals surface area contributed by atoms with Gasteiger partial charge in [-0.25, -0.2) is 0 Å². The van der Waals surface area contributed by atoms with Crippen LogP contribution in [0.4, 0.5) is 5.69 Å². The van der Waals surface area contributed by atoms with Gasteiger partial charge in [-0.3, -0.25) is 9.59 Å². The quantitative estimate of drug-likeness (QED) is 0.449. The molecule has 1 saturated carbocycles. The molecule has 2 aromatic rings. The van der Waals surface area contributed by atoms with Crippen LogP contribution in [-0.4, -0.2) is 18.8 Å². The van der Waals surface area contributed by atoms with Gasteiger partial charge >= 0.3 is 0 Å². The summed E-state index contributed by atoms with van der Waals surface area (Å²) in [5, 5.41) is 3.04. The van der Waals surface area contributed by atoms with E-state index in [0.717, 1.165) is 64.7 Å². The molecule has 0 aliphatic heterocycles. The van der Waals surface area contributed by atoms with Crippen molar-refractivity contribution in [2.45, 2.75) is 52.9 Å². The van der Waals surface area contributed by atoms with E-state index in [1.54, 1.807) is 7.11 Å². The van der Waals surface area contributed by atoms with Gasteiger partial charge in [-0.1, -0.05) is 48.0 Å². The number of aryl methyl sites for hydroxylation is 1. The fraction of sp³-hybridized carbons (Fsp3) is 0.462. The summed E-state index contributed by atoms with van der Waals surface area (Å²) in [7, 11) is 1.63. The third kappa shape index (κ3) is 5.38. The first kappa shape index (κ1) is 23.5. The highest BCUT2D eigenvalue weighted by molar-refractivity contribution is 9.10. The van der Waals surface area contributed by atoms with E-state index >= 15 is 0 Å². The predicted molar refractivity (Wildman–Crippen MR) is 129 cm³/mol. The summed E-state index contributed by atoms with van der Waals surface area (Å²) in [6.45, 7) is 6.10. The van der Waals surface area contributed by atoms with Crippen LogP contribution in [0.25, 0.3) is 0 Å². The Balaban J connectivity index is 1.59. The maximum Gasteiger partial charge on any atom is 0.227 e. The summed E-state index contributed by atoms with van der Waals surface area (Å²) in [6, 6.07) is 11.6. The first-order chi connectivity index (χ1) is 14.8. The zero-order valence-corrected chi connectivity index (χ0v) is 20.4. The molecule has 1 N–H and O–H groups in total. The Morgan fingerprint density at radius 2 is 1.87 bits per heavy atom. The molecule has 1 aliphatic rings. The molecule has 166 valence electrons. The maximum atomic E-state index is 13.2. The Morgan fingerprint density at radius 1 is 1.16 bits per heavy atom. The Kier molecular flexibility index (Phi) is 7.93. The molecule has 5 heteroatoms. The third-order valence-electron chi connectivity index (χ3n) is 6.68. The van der Waals surface area contributed by atoms with E-state index in [1.807, 2.05) is 50.2 Å². The number of Topliss-reactive ketones (excluding diaryl/α,β-unsaturated/α-hetero) is 1. The number of benzene rings is 2. The van der Waals surface area contributed by atoms with E-state index in [9.17, 15) is 9.59 Å². The van der Waals surface area contributed by atoms with Crippen molar-refractivity contribution in [1.82, 2.24) is 0 Å². The number of ketones is 1. The molecule has 0 bridgehead atoms. The molecule has 1 aliphatic carbocycles. The lowest BCUT2D eigenvalue weighted by Gasteiger charge is -2.31. The zero-order valence-electron chi connectivity index (χ0n) is 18.8. The minimum Gasteiger partial charge on any atom is -0.496 e. The minimum atomic E-state index is -0.0371. The van der Waals surface area contributed by atoms with Crippen molar-refractivity contribution < 1.29 is 14.3 Å². The van der Waals surface area contributed by atoms with Gasteiger partial charge in [0.25, 0.3) is 0 Å². The number of amides is 1. The van der Waals surface area contributed by atoms with Gasteiger partial charge < -0.3 is 10.1 Å². The number of methoxy groups -OCH3 is 1. The first-order valence-electron chi connectivity index (χ1n) is 11.1. The smallest absolute Gasteiger partial charge is 0.227 e. The molecule has 4 nitrogen and oxygen atoms in total. The second-order valence-electron chi connectivity index (χ2n) is 8.56. The fourth-order valence-corrected chi connectivity index (χ4v) is 5.28. The Bertz CT molecular complexity index is 948. The third-order valence-corrected chi connectivity index (χ3v) is 7.42. The van der Waals surface area contributed by atoms with Crippen LogP contribution in [0.3, 0.4) is 0 Å². The monoisotopic (exact) mass is 485 g/mol. The van der Waals surface area contributed by atoms with Crippen molar-refractivity contribution in [3.63, 3.8) is 0 Å². The van der Waals surface area contributed by atoms with Crippen LogP contribution in [0.5, 0.6) is 5.75 Å². The number of carbonyl (C=O) groups excluding carboxylic acids is 2. The number of halogens is 1. The molecule has 1 fully saturated rings. The molecule has 1 amide bonds. The summed E-state index contributed by atoms with van der Waals surface area (Å²) >= 11 is 3.58. The van der Waals surface area contributed by atoms with Crippen LogP contribution < -0.4 is 10.1 Å². The largest absolute Gasteiger partial charge is 0.496 e. The van der Waals surface area contributed by atoms with Gasteiger partial charge in [0.15, 0.2) is 5.78 Å². The summed E-state index contributed by atoms with van der Waals surface area (Å²) in [4.78, 5) is 26.0. The zero-order chi connectivity index (χ0) is 22.5. The molecular formula is C26H32BrNO3. The number of rotatable bonds is 7. The standard InChI is InChI=1S/C26H32BrNO3/c1-5-21-22(7-6-8-23(21)27)25(29)17(3)18-10-12-19(13-11-18)26(30)28-20-14-9-16(2)24(15-20)31-4/h6-9,14-15,17-19H,5,10-13H2,1-4H3,(H,28,30). The molecule has 31 heavy (non-hydrogen) atoms. The number of anilines is 1. The van der Waals surface area contributed by atoms with Gasteiger partial charge in [0.2, 0.25) is 5.91 Å². The van der Waals surface area contributed by atoms with Crippen LogP contribution in [0.2, 0.25) is 0 Å². The van der Waals surface area contributed by atoms with Crippen molar-refractivity contribution in [3.8, 4) is 5.75 Å². The Hall–Kier alpha value is -2.14. The van der Waals surface area contributed by atoms with Gasteiger partial charge in [0, 0.05) is 33.6 Å². The number of hydrogen-bond acceptors (Lipinski definition) is 3. The lowest BCUT2D eigenvalue weighted by molar-refractivity contribution is -0.121. The van der Waals surface area contributed by atoms with Crippen LogP contribution >= 0.6 is 15.9 Å². The van der Waals surface area contributed by atoms with Gasteiger partial charge in [-0.05, 0) is 68.2 Å². The summed E-state index contributed by atoms with van der Waals surface area (Å²) in [6.07, 6.45) is 4.26. The fourth-order valence-electron chi connectivity index (χ4n) is 4.63. The lowest BCUT2D eigenvalue weighted by atomic mass is 9.73. The number of nitrogens with one attached hydrogen (secondary N) is 1. The molecule has 0 aromatic heterocycles. The van der Waals surface area contributed by atoms with Crippen LogP contribution in [0.15, 0.2) is 40.9 Å². The maximum absolute atomic E-state index is 13.2. The van der Waals surface area contributed by atoms with E-state index in [2.05, 4.69) is 28.2 Å². The molecule has 0 radical (unpaired) electrons. The summed E-state index contributed by atoms with van der Waals surface area (Å²) in [5.41, 5.74) is 3.72. The highest BCUT2D eigenvalue weighted by atomic mass is 79.9. The summed E-state index contributed by atoms with van der Waals surface area (Å²) < 4.78 is 6.35. The highest BCUT2D eigenvalue weighted by Crippen LogP contribution is 2.36. The highest BCUT2D eigenvalue weighted by Gasteiger charge is 2.32. The minimum absolute atomic E-state index is 0.0112. The van der Waals surface area contributed by atoms with Gasteiger partial charge in [0.05, 0.1) is 7.11 Å². The van der Waals surface area contributed by atoms with E-state index in [0.29, 0.717) is 5.92 Å². The van der Waals surface area contributed by atoms with E-state index < -0.39 is 0 Å². The van der Waals surface area contributed by atoms with Crippen molar-refractivity contribution in [2.24, 2.45) is 17.8 Å². The molecule has 1 atom stereocenters. The lowest BCUT2D eigenvalue weighted by Crippen LogP contribution is -2.31. The number of carbonyl (C=O) groups is 2.